The van der Waals surface area contributed by atoms with Gasteiger partial charge in [0.25, 0.3) is 0 Å². The van der Waals surface area contributed by atoms with Gasteiger partial charge in [-0.1, -0.05) is 43.7 Å². The Morgan fingerprint density at radius 3 is 2.73 bits per heavy atom. The Labute approximate surface area is 162 Å². The summed E-state index contributed by atoms with van der Waals surface area (Å²) in [6.45, 7) is 8.49. The molecule has 1 aliphatic heterocycles. The van der Waals surface area contributed by atoms with Crippen LogP contribution in [0, 0.1) is 12.8 Å². The number of guanidine groups is 1. The Hall–Kier alpha value is -1.69. The summed E-state index contributed by atoms with van der Waals surface area (Å²) >= 11 is 1.92. The Bertz CT molecular complexity index is 600. The number of aliphatic imine (C=N–C) groups is 1. The summed E-state index contributed by atoms with van der Waals surface area (Å²) < 4.78 is 0. The van der Waals surface area contributed by atoms with Gasteiger partial charge in [0.15, 0.2) is 5.96 Å². The molecule has 6 heteroatoms. The first-order valence-corrected chi connectivity index (χ1v) is 10.5. The van der Waals surface area contributed by atoms with Crippen LogP contribution in [0.2, 0.25) is 0 Å². The largest absolute Gasteiger partial charge is 0.356 e. The monoisotopic (exact) mass is 376 g/mol. The second-order valence-corrected chi connectivity index (χ2v) is 8.21. The molecule has 144 valence electrons. The molecule has 2 N–H and O–H groups in total. The van der Waals surface area contributed by atoms with E-state index in [-0.39, 0.29) is 17.9 Å². The molecule has 0 saturated carbocycles. The zero-order valence-electron chi connectivity index (χ0n) is 16.4. The average molecular weight is 377 g/mol. The molecule has 2 rings (SSSR count). The highest BCUT2D eigenvalue weighted by atomic mass is 32.2. The zero-order chi connectivity index (χ0) is 18.9. The molecule has 1 atom stereocenters. The minimum absolute atomic E-state index is 0.0664. The minimum Gasteiger partial charge on any atom is -0.356 e. The summed E-state index contributed by atoms with van der Waals surface area (Å²) in [4.78, 5) is 18.3. The van der Waals surface area contributed by atoms with E-state index in [1.54, 1.807) is 7.05 Å². The van der Waals surface area contributed by atoms with Crippen molar-refractivity contribution < 1.29 is 4.79 Å². The molecule has 0 radical (unpaired) electrons. The number of carbonyl (C=O) groups excluding carboxylic acids is 1. The van der Waals surface area contributed by atoms with Crippen LogP contribution < -0.4 is 10.6 Å². The highest BCUT2D eigenvalue weighted by Crippen LogP contribution is 2.13. The van der Waals surface area contributed by atoms with Gasteiger partial charge in [0.1, 0.15) is 0 Å². The first-order chi connectivity index (χ1) is 12.5. The van der Waals surface area contributed by atoms with Gasteiger partial charge in [-0.3, -0.25) is 9.79 Å². The van der Waals surface area contributed by atoms with Crippen molar-refractivity contribution in [3.8, 4) is 0 Å². The van der Waals surface area contributed by atoms with Crippen LogP contribution in [0.25, 0.3) is 0 Å². The fourth-order valence-corrected chi connectivity index (χ4v) is 3.77. The number of likely N-dealkylation sites (tertiary alicyclic amines) is 1. The lowest BCUT2D eigenvalue weighted by Crippen LogP contribution is -2.45. The smallest absolute Gasteiger partial charge is 0.225 e. The predicted molar refractivity (Wildman–Crippen MR) is 112 cm³/mol. The van der Waals surface area contributed by atoms with Gasteiger partial charge >= 0.3 is 0 Å². The molecule has 0 aromatic heterocycles. The van der Waals surface area contributed by atoms with Crippen molar-refractivity contribution in [3.05, 3.63) is 35.4 Å². The maximum Gasteiger partial charge on any atom is 0.225 e. The van der Waals surface area contributed by atoms with Gasteiger partial charge in [-0.2, -0.15) is 11.8 Å². The van der Waals surface area contributed by atoms with Crippen molar-refractivity contribution in [1.29, 1.82) is 0 Å². The summed E-state index contributed by atoms with van der Waals surface area (Å²) in [6.07, 6.45) is 0.974. The Balaban J connectivity index is 1.64. The van der Waals surface area contributed by atoms with Crippen molar-refractivity contribution in [2.75, 3.05) is 32.4 Å². The molecule has 0 aliphatic carbocycles. The van der Waals surface area contributed by atoms with E-state index in [0.717, 1.165) is 43.5 Å². The molecule has 0 bridgehead atoms. The van der Waals surface area contributed by atoms with Crippen molar-refractivity contribution in [3.63, 3.8) is 0 Å². The molecule has 1 fully saturated rings. The summed E-state index contributed by atoms with van der Waals surface area (Å²) in [5.41, 5.74) is 2.67. The van der Waals surface area contributed by atoms with Crippen LogP contribution in [0.15, 0.2) is 29.3 Å². The Morgan fingerprint density at radius 1 is 1.35 bits per heavy atom. The quantitative estimate of drug-likeness (QED) is 0.436. The number of thioether (sulfide) groups is 1. The highest BCUT2D eigenvalue weighted by molar-refractivity contribution is 7.98. The molecule has 1 unspecified atom stereocenters. The SMILES string of the molecule is CN=C(NCCSCc1ccc(C)cc1)NC1CCN(C(=O)C(C)C)C1. The van der Waals surface area contributed by atoms with Gasteiger partial charge in [-0.25, -0.2) is 0 Å². The van der Waals surface area contributed by atoms with Crippen LogP contribution in [0.5, 0.6) is 0 Å². The molecule has 1 aliphatic rings. The molecule has 1 saturated heterocycles. The highest BCUT2D eigenvalue weighted by Gasteiger charge is 2.27. The average Bonchev–Trinajstić information content (AvgIpc) is 3.09. The van der Waals surface area contributed by atoms with E-state index in [0.29, 0.717) is 0 Å². The summed E-state index contributed by atoms with van der Waals surface area (Å²) in [5, 5.41) is 6.81. The third kappa shape index (κ3) is 6.56. The number of amides is 1. The van der Waals surface area contributed by atoms with Crippen molar-refractivity contribution in [2.24, 2.45) is 10.9 Å². The second-order valence-electron chi connectivity index (χ2n) is 7.11. The van der Waals surface area contributed by atoms with E-state index in [9.17, 15) is 4.79 Å². The molecule has 5 nitrogen and oxygen atoms in total. The van der Waals surface area contributed by atoms with E-state index in [4.69, 9.17) is 0 Å². The standard InChI is InChI=1S/C20H32N4OS/c1-15(2)19(25)24-11-9-18(13-24)23-20(21-4)22-10-12-26-14-17-7-5-16(3)6-8-17/h5-8,15,18H,9-14H2,1-4H3,(H2,21,22,23). The molecular formula is C20H32N4OS. The number of carbonyl (C=O) groups is 1. The van der Waals surface area contributed by atoms with Gasteiger partial charge < -0.3 is 15.5 Å². The van der Waals surface area contributed by atoms with E-state index in [2.05, 4.69) is 46.8 Å². The van der Waals surface area contributed by atoms with Crippen LogP contribution in [0.4, 0.5) is 0 Å². The first kappa shape index (κ1) is 20.6. The first-order valence-electron chi connectivity index (χ1n) is 9.39. The molecule has 1 aromatic carbocycles. The minimum atomic E-state index is 0.0664. The topological polar surface area (TPSA) is 56.7 Å². The molecular weight excluding hydrogens is 344 g/mol. The lowest BCUT2D eigenvalue weighted by atomic mass is 10.2. The fourth-order valence-electron chi connectivity index (χ4n) is 2.95. The van der Waals surface area contributed by atoms with E-state index in [1.165, 1.54) is 11.1 Å². The van der Waals surface area contributed by atoms with Crippen LogP contribution in [0.1, 0.15) is 31.4 Å². The molecule has 0 spiro atoms. The van der Waals surface area contributed by atoms with E-state index >= 15 is 0 Å². The Morgan fingerprint density at radius 2 is 2.08 bits per heavy atom. The normalized spacial score (nSPS) is 17.7. The number of benzene rings is 1. The van der Waals surface area contributed by atoms with Crippen molar-refractivity contribution >= 4 is 23.6 Å². The lowest BCUT2D eigenvalue weighted by Gasteiger charge is -2.20. The van der Waals surface area contributed by atoms with E-state index < -0.39 is 0 Å². The van der Waals surface area contributed by atoms with Crippen molar-refractivity contribution in [1.82, 2.24) is 15.5 Å². The van der Waals surface area contributed by atoms with Crippen LogP contribution >= 0.6 is 11.8 Å². The number of rotatable bonds is 7. The summed E-state index contributed by atoms with van der Waals surface area (Å²) in [7, 11) is 1.79. The third-order valence-corrected chi connectivity index (χ3v) is 5.52. The fraction of sp³-hybridized carbons (Fsp3) is 0.600. The number of nitrogens with one attached hydrogen (secondary N) is 2. The molecule has 26 heavy (non-hydrogen) atoms. The Kier molecular flexibility index (Phi) is 8.29. The molecule has 1 heterocycles. The lowest BCUT2D eigenvalue weighted by molar-refractivity contribution is -0.133. The van der Waals surface area contributed by atoms with Gasteiger partial charge in [0.2, 0.25) is 5.91 Å². The summed E-state index contributed by atoms with van der Waals surface area (Å²) in [5.74, 6) is 3.19. The van der Waals surface area contributed by atoms with Gasteiger partial charge in [0.05, 0.1) is 0 Å². The summed E-state index contributed by atoms with van der Waals surface area (Å²) in [6, 6.07) is 8.99. The number of aryl methyl sites for hydroxylation is 1. The van der Waals surface area contributed by atoms with Crippen LogP contribution in [0.3, 0.4) is 0 Å². The van der Waals surface area contributed by atoms with Crippen molar-refractivity contribution in [2.45, 2.75) is 39.0 Å². The van der Waals surface area contributed by atoms with E-state index in [1.807, 2.05) is 30.5 Å². The van der Waals surface area contributed by atoms with Gasteiger partial charge in [-0.15, -0.1) is 0 Å². The van der Waals surface area contributed by atoms with Gasteiger partial charge in [-0.05, 0) is 18.9 Å². The predicted octanol–water partition coefficient (Wildman–Crippen LogP) is 2.65. The number of nitrogens with zero attached hydrogens (tertiary/aromatic N) is 2. The van der Waals surface area contributed by atoms with Gasteiger partial charge in [0, 0.05) is 50.1 Å². The maximum absolute atomic E-state index is 12.1. The zero-order valence-corrected chi connectivity index (χ0v) is 17.2. The number of hydrogen-bond donors (Lipinski definition) is 2. The molecule has 1 amide bonds. The van der Waals surface area contributed by atoms with Crippen LogP contribution in [-0.4, -0.2) is 55.2 Å². The number of hydrogen-bond acceptors (Lipinski definition) is 3. The molecule has 1 aromatic rings. The second kappa shape index (κ2) is 10.5. The maximum atomic E-state index is 12.1. The van der Waals surface area contributed by atoms with Crippen LogP contribution in [-0.2, 0) is 10.5 Å². The third-order valence-electron chi connectivity index (χ3n) is 4.49.